The molecule has 4 rings (SSSR count). The summed E-state index contributed by atoms with van der Waals surface area (Å²) >= 11 is 0. The normalized spacial score (nSPS) is 21.8. The number of amides is 1. The predicted molar refractivity (Wildman–Crippen MR) is 78.0 cm³/mol. The Morgan fingerprint density at radius 1 is 1.23 bits per heavy atom. The summed E-state index contributed by atoms with van der Waals surface area (Å²) in [7, 11) is 0. The fraction of sp³-hybridized carbons (Fsp3) is 0.533. The van der Waals surface area contributed by atoms with E-state index in [0.29, 0.717) is 5.92 Å². The van der Waals surface area contributed by atoms with Gasteiger partial charge in [0.2, 0.25) is 5.91 Å². The van der Waals surface area contributed by atoms with E-state index in [9.17, 15) is 4.79 Å². The molecule has 7 nitrogen and oxygen atoms in total. The molecule has 0 radical (unpaired) electrons. The number of likely N-dealkylation sites (tertiary alicyclic amines) is 1. The van der Waals surface area contributed by atoms with Crippen LogP contribution in [-0.2, 0) is 11.3 Å². The standard InChI is InChI=1S/C15H18N6O/c22-15(12-5-2-4-8-21-14(12)17-18-19-21)20-9-11(10-20)13-6-1-3-7-16-13/h1,3,6-7,11-12H,2,4-5,8-10H2. The van der Waals surface area contributed by atoms with Gasteiger partial charge in [0.15, 0.2) is 5.82 Å². The lowest BCUT2D eigenvalue weighted by atomic mass is 9.92. The summed E-state index contributed by atoms with van der Waals surface area (Å²) in [5.74, 6) is 1.04. The molecule has 4 heterocycles. The number of carbonyl (C=O) groups is 1. The average Bonchev–Trinajstić information content (AvgIpc) is 2.86. The number of aromatic nitrogens is 5. The van der Waals surface area contributed by atoms with Gasteiger partial charge in [-0.2, -0.15) is 0 Å². The number of hydrogen-bond acceptors (Lipinski definition) is 5. The highest BCUT2D eigenvalue weighted by atomic mass is 16.2. The van der Waals surface area contributed by atoms with E-state index in [-0.39, 0.29) is 11.8 Å². The molecule has 114 valence electrons. The first-order chi connectivity index (χ1) is 10.8. The number of aryl methyl sites for hydroxylation is 1. The lowest BCUT2D eigenvalue weighted by Gasteiger charge is -2.40. The fourth-order valence-electron chi connectivity index (χ4n) is 3.28. The highest BCUT2D eigenvalue weighted by molar-refractivity contribution is 5.83. The van der Waals surface area contributed by atoms with Crippen LogP contribution in [0.3, 0.4) is 0 Å². The molecule has 0 spiro atoms. The van der Waals surface area contributed by atoms with E-state index in [1.807, 2.05) is 23.1 Å². The van der Waals surface area contributed by atoms with Crippen molar-refractivity contribution in [2.24, 2.45) is 0 Å². The second-order valence-electron chi connectivity index (χ2n) is 6.00. The topological polar surface area (TPSA) is 76.8 Å². The van der Waals surface area contributed by atoms with Crippen LogP contribution < -0.4 is 0 Å². The van der Waals surface area contributed by atoms with Gasteiger partial charge < -0.3 is 4.90 Å². The van der Waals surface area contributed by atoms with E-state index < -0.39 is 0 Å². The number of carbonyl (C=O) groups excluding carboxylic acids is 1. The predicted octanol–water partition coefficient (Wildman–Crippen LogP) is 0.962. The molecule has 0 bridgehead atoms. The van der Waals surface area contributed by atoms with E-state index in [1.165, 1.54) is 0 Å². The summed E-state index contributed by atoms with van der Waals surface area (Å²) in [5, 5.41) is 11.8. The molecule has 1 atom stereocenters. The number of fused-ring (bicyclic) bond motifs is 1. The van der Waals surface area contributed by atoms with Crippen molar-refractivity contribution in [3.63, 3.8) is 0 Å². The maximum absolute atomic E-state index is 12.8. The highest BCUT2D eigenvalue weighted by Crippen LogP contribution is 2.32. The molecular weight excluding hydrogens is 280 g/mol. The van der Waals surface area contributed by atoms with Gasteiger partial charge in [0.05, 0.1) is 5.92 Å². The minimum atomic E-state index is -0.192. The van der Waals surface area contributed by atoms with Crippen LogP contribution in [0.1, 0.15) is 42.6 Å². The Balaban J connectivity index is 1.46. The summed E-state index contributed by atoms with van der Waals surface area (Å²) < 4.78 is 1.78. The summed E-state index contributed by atoms with van der Waals surface area (Å²) in [5.41, 5.74) is 1.07. The fourth-order valence-corrected chi connectivity index (χ4v) is 3.28. The van der Waals surface area contributed by atoms with Gasteiger partial charge in [0.1, 0.15) is 0 Å². The van der Waals surface area contributed by atoms with Gasteiger partial charge >= 0.3 is 0 Å². The third kappa shape index (κ3) is 2.26. The van der Waals surface area contributed by atoms with Crippen molar-refractivity contribution < 1.29 is 4.79 Å². The monoisotopic (exact) mass is 298 g/mol. The molecule has 2 aromatic heterocycles. The quantitative estimate of drug-likeness (QED) is 0.825. The largest absolute Gasteiger partial charge is 0.341 e. The van der Waals surface area contributed by atoms with Gasteiger partial charge in [-0.3, -0.25) is 9.78 Å². The number of hydrogen-bond donors (Lipinski definition) is 0. The van der Waals surface area contributed by atoms with Gasteiger partial charge in [-0.05, 0) is 35.4 Å². The van der Waals surface area contributed by atoms with E-state index in [2.05, 4.69) is 20.5 Å². The first kappa shape index (κ1) is 13.4. The Morgan fingerprint density at radius 2 is 2.14 bits per heavy atom. The van der Waals surface area contributed by atoms with Crippen molar-refractivity contribution in [2.45, 2.75) is 37.6 Å². The van der Waals surface area contributed by atoms with Crippen LogP contribution >= 0.6 is 0 Å². The van der Waals surface area contributed by atoms with Crippen LogP contribution in [0.4, 0.5) is 0 Å². The van der Waals surface area contributed by atoms with Crippen LogP contribution in [0.25, 0.3) is 0 Å². The molecule has 0 aliphatic carbocycles. The van der Waals surface area contributed by atoms with Crippen molar-refractivity contribution in [2.75, 3.05) is 13.1 Å². The SMILES string of the molecule is O=C(C1CCCCn2nnnc21)N1CC(c2ccccn2)C1. The number of nitrogens with zero attached hydrogens (tertiary/aromatic N) is 6. The van der Waals surface area contributed by atoms with E-state index in [4.69, 9.17) is 0 Å². The molecule has 1 saturated heterocycles. The van der Waals surface area contributed by atoms with Gasteiger partial charge in [-0.1, -0.05) is 12.5 Å². The molecule has 0 saturated carbocycles. The molecule has 2 aliphatic heterocycles. The van der Waals surface area contributed by atoms with Crippen molar-refractivity contribution >= 4 is 5.91 Å². The molecule has 1 unspecified atom stereocenters. The third-order valence-corrected chi connectivity index (χ3v) is 4.58. The van der Waals surface area contributed by atoms with Gasteiger partial charge in [-0.25, -0.2) is 4.68 Å². The van der Waals surface area contributed by atoms with Crippen molar-refractivity contribution in [3.05, 3.63) is 35.9 Å². The molecule has 1 fully saturated rings. The van der Waals surface area contributed by atoms with E-state index in [1.54, 1.807) is 10.9 Å². The summed E-state index contributed by atoms with van der Waals surface area (Å²) in [6.45, 7) is 2.30. The Kier molecular flexibility index (Phi) is 3.32. The van der Waals surface area contributed by atoms with Gasteiger partial charge in [-0.15, -0.1) is 5.10 Å². The maximum atomic E-state index is 12.8. The average molecular weight is 298 g/mol. The maximum Gasteiger partial charge on any atom is 0.233 e. The first-order valence-electron chi connectivity index (χ1n) is 7.78. The van der Waals surface area contributed by atoms with Crippen molar-refractivity contribution in [1.82, 2.24) is 30.1 Å². The number of rotatable bonds is 2. The highest BCUT2D eigenvalue weighted by Gasteiger charge is 2.38. The van der Waals surface area contributed by atoms with Crippen LogP contribution in [0.2, 0.25) is 0 Å². The van der Waals surface area contributed by atoms with Gasteiger partial charge in [0.25, 0.3) is 0 Å². The molecule has 2 aromatic rings. The molecule has 0 N–H and O–H groups in total. The summed E-state index contributed by atoms with van der Waals surface area (Å²) in [6, 6.07) is 5.93. The van der Waals surface area contributed by atoms with Crippen molar-refractivity contribution in [3.8, 4) is 0 Å². The van der Waals surface area contributed by atoms with E-state index >= 15 is 0 Å². The second kappa shape index (κ2) is 5.47. The second-order valence-corrected chi connectivity index (χ2v) is 6.00. The summed E-state index contributed by atoms with van der Waals surface area (Å²) in [4.78, 5) is 19.1. The molecule has 22 heavy (non-hydrogen) atoms. The van der Waals surface area contributed by atoms with Crippen LogP contribution in [0.5, 0.6) is 0 Å². The van der Waals surface area contributed by atoms with Crippen LogP contribution in [0, 0.1) is 0 Å². The van der Waals surface area contributed by atoms with Crippen LogP contribution in [0.15, 0.2) is 24.4 Å². The zero-order chi connectivity index (χ0) is 14.9. The zero-order valence-corrected chi connectivity index (χ0v) is 12.3. The van der Waals surface area contributed by atoms with Gasteiger partial charge in [0, 0.05) is 37.4 Å². The van der Waals surface area contributed by atoms with Crippen molar-refractivity contribution in [1.29, 1.82) is 0 Å². The smallest absolute Gasteiger partial charge is 0.233 e. The Bertz CT molecular complexity index is 664. The molecule has 0 aromatic carbocycles. The van der Waals surface area contributed by atoms with E-state index in [0.717, 1.165) is 50.4 Å². The molecular formula is C15H18N6O. The summed E-state index contributed by atoms with van der Waals surface area (Å²) in [6.07, 6.45) is 4.69. The lowest BCUT2D eigenvalue weighted by Crippen LogP contribution is -2.50. The molecule has 1 amide bonds. The minimum Gasteiger partial charge on any atom is -0.341 e. The zero-order valence-electron chi connectivity index (χ0n) is 12.3. The minimum absolute atomic E-state index is 0.158. The number of pyridine rings is 1. The third-order valence-electron chi connectivity index (χ3n) is 4.58. The molecule has 7 heteroatoms. The van der Waals surface area contributed by atoms with Crippen LogP contribution in [-0.4, -0.2) is 49.1 Å². The Labute approximate surface area is 128 Å². The number of tetrazole rings is 1. The lowest BCUT2D eigenvalue weighted by molar-refractivity contribution is -0.137. The first-order valence-corrected chi connectivity index (χ1v) is 7.78. The Hall–Kier alpha value is -2.31. The Morgan fingerprint density at radius 3 is 2.95 bits per heavy atom. The molecule has 2 aliphatic rings.